The summed E-state index contributed by atoms with van der Waals surface area (Å²) in [6.07, 6.45) is 2.68. The molecule has 19 heavy (non-hydrogen) atoms. The summed E-state index contributed by atoms with van der Waals surface area (Å²) in [6, 6.07) is 6.25. The number of nitrogens with zero attached hydrogens (tertiary/aromatic N) is 1. The van der Waals surface area contributed by atoms with E-state index >= 15 is 0 Å². The number of likely N-dealkylation sites (tertiary alicyclic amines) is 1. The Morgan fingerprint density at radius 1 is 1.37 bits per heavy atom. The molecule has 0 saturated carbocycles. The van der Waals surface area contributed by atoms with Crippen LogP contribution in [0.1, 0.15) is 18.4 Å². The summed E-state index contributed by atoms with van der Waals surface area (Å²) in [6.45, 7) is 5.90. The number of halogens is 3. The van der Waals surface area contributed by atoms with Gasteiger partial charge in [-0.05, 0) is 65.0 Å². The molecule has 1 unspecified atom stereocenters. The second-order valence-corrected chi connectivity index (χ2v) is 6.90. The first-order chi connectivity index (χ1) is 8.67. The standard InChI is InChI=1S/C14H18BrClN2.ClH/c15-12-7-11(1-2-13(12)16)8-18-6-4-14(10-18)3-5-17-9-14;/h1-2,7,17H,3-6,8-10H2;1H. The third-order valence-corrected chi connectivity index (χ3v) is 5.45. The lowest BCUT2D eigenvalue weighted by Gasteiger charge is -2.22. The minimum absolute atomic E-state index is 0. The molecule has 0 radical (unpaired) electrons. The molecule has 1 spiro atoms. The highest BCUT2D eigenvalue weighted by Gasteiger charge is 2.39. The molecule has 0 bridgehead atoms. The fraction of sp³-hybridized carbons (Fsp3) is 0.571. The number of benzene rings is 1. The van der Waals surface area contributed by atoms with Gasteiger partial charge in [0.2, 0.25) is 0 Å². The summed E-state index contributed by atoms with van der Waals surface area (Å²) in [5.74, 6) is 0. The quantitative estimate of drug-likeness (QED) is 0.859. The highest BCUT2D eigenvalue weighted by atomic mass is 79.9. The van der Waals surface area contributed by atoms with Gasteiger partial charge in [-0.1, -0.05) is 17.7 Å². The zero-order valence-corrected chi connectivity index (χ0v) is 14.0. The van der Waals surface area contributed by atoms with Crippen LogP contribution in [0, 0.1) is 5.41 Å². The number of nitrogens with one attached hydrogen (secondary N) is 1. The monoisotopic (exact) mass is 364 g/mol. The largest absolute Gasteiger partial charge is 0.316 e. The summed E-state index contributed by atoms with van der Waals surface area (Å²) < 4.78 is 0.998. The molecule has 2 fully saturated rings. The van der Waals surface area contributed by atoms with E-state index in [2.05, 4.69) is 38.3 Å². The zero-order valence-electron chi connectivity index (χ0n) is 10.8. The van der Waals surface area contributed by atoms with Crippen molar-refractivity contribution >= 4 is 39.9 Å². The lowest BCUT2D eigenvalue weighted by atomic mass is 9.87. The van der Waals surface area contributed by atoms with Gasteiger partial charge in [0.15, 0.2) is 0 Å². The Bertz CT molecular complexity index is 447. The minimum Gasteiger partial charge on any atom is -0.316 e. The Kier molecular flexibility index (Phi) is 5.18. The van der Waals surface area contributed by atoms with Crippen molar-refractivity contribution in [1.29, 1.82) is 0 Å². The van der Waals surface area contributed by atoms with Crippen molar-refractivity contribution in [1.82, 2.24) is 10.2 Å². The van der Waals surface area contributed by atoms with Gasteiger partial charge in [0.1, 0.15) is 0 Å². The lowest BCUT2D eigenvalue weighted by Crippen LogP contribution is -2.28. The molecule has 2 aliphatic heterocycles. The van der Waals surface area contributed by atoms with E-state index in [9.17, 15) is 0 Å². The summed E-state index contributed by atoms with van der Waals surface area (Å²) in [5.41, 5.74) is 1.90. The summed E-state index contributed by atoms with van der Waals surface area (Å²) in [5, 5.41) is 4.29. The van der Waals surface area contributed by atoms with Crippen molar-refractivity contribution in [2.24, 2.45) is 5.41 Å². The van der Waals surface area contributed by atoms with E-state index in [4.69, 9.17) is 11.6 Å². The van der Waals surface area contributed by atoms with Crippen LogP contribution in [-0.4, -0.2) is 31.1 Å². The molecule has 2 heterocycles. The number of hydrogen-bond donors (Lipinski definition) is 1. The Morgan fingerprint density at radius 2 is 2.21 bits per heavy atom. The van der Waals surface area contributed by atoms with Crippen LogP contribution in [-0.2, 0) is 6.54 Å². The van der Waals surface area contributed by atoms with E-state index in [0.29, 0.717) is 5.41 Å². The molecule has 2 nitrogen and oxygen atoms in total. The molecule has 1 aromatic carbocycles. The van der Waals surface area contributed by atoms with Crippen LogP contribution in [0.5, 0.6) is 0 Å². The van der Waals surface area contributed by atoms with Gasteiger partial charge in [-0.2, -0.15) is 0 Å². The first kappa shape index (κ1) is 15.6. The van der Waals surface area contributed by atoms with Crippen molar-refractivity contribution in [3.8, 4) is 0 Å². The summed E-state index contributed by atoms with van der Waals surface area (Å²) in [7, 11) is 0. The van der Waals surface area contributed by atoms with Gasteiger partial charge in [-0.25, -0.2) is 0 Å². The molecule has 1 N–H and O–H groups in total. The Labute approximate surface area is 134 Å². The SMILES string of the molecule is Cl.Clc1ccc(CN2CCC3(CCNC3)C2)cc1Br. The van der Waals surface area contributed by atoms with Crippen LogP contribution >= 0.6 is 39.9 Å². The topological polar surface area (TPSA) is 15.3 Å². The van der Waals surface area contributed by atoms with Crippen LogP contribution in [0.4, 0.5) is 0 Å². The summed E-state index contributed by atoms with van der Waals surface area (Å²) >= 11 is 9.52. The highest BCUT2D eigenvalue weighted by molar-refractivity contribution is 9.10. The fourth-order valence-corrected chi connectivity index (χ4v) is 3.75. The van der Waals surface area contributed by atoms with E-state index in [1.807, 2.05) is 6.07 Å². The molecular weight excluding hydrogens is 347 g/mol. The van der Waals surface area contributed by atoms with Crippen LogP contribution in [0.2, 0.25) is 5.02 Å². The van der Waals surface area contributed by atoms with E-state index in [-0.39, 0.29) is 12.4 Å². The van der Waals surface area contributed by atoms with Crippen molar-refractivity contribution < 1.29 is 0 Å². The van der Waals surface area contributed by atoms with Crippen LogP contribution < -0.4 is 5.32 Å². The van der Waals surface area contributed by atoms with Gasteiger partial charge in [-0.15, -0.1) is 12.4 Å². The Balaban J connectivity index is 0.00000133. The van der Waals surface area contributed by atoms with Gasteiger partial charge >= 0.3 is 0 Å². The van der Waals surface area contributed by atoms with Crippen molar-refractivity contribution in [2.45, 2.75) is 19.4 Å². The maximum atomic E-state index is 6.03. The van der Waals surface area contributed by atoms with Gasteiger partial charge in [0.05, 0.1) is 5.02 Å². The number of hydrogen-bond acceptors (Lipinski definition) is 2. The predicted molar refractivity (Wildman–Crippen MR) is 86.2 cm³/mol. The molecule has 106 valence electrons. The maximum Gasteiger partial charge on any atom is 0.0548 e. The molecule has 5 heteroatoms. The van der Waals surface area contributed by atoms with E-state index in [1.54, 1.807) is 0 Å². The Morgan fingerprint density at radius 3 is 2.89 bits per heavy atom. The second-order valence-electron chi connectivity index (χ2n) is 5.64. The molecular formula is C14H19BrCl2N2. The van der Waals surface area contributed by atoms with Gasteiger partial charge in [0.25, 0.3) is 0 Å². The molecule has 2 aliphatic rings. The minimum atomic E-state index is 0. The molecule has 0 amide bonds. The zero-order chi connectivity index (χ0) is 12.6. The fourth-order valence-electron chi connectivity index (χ4n) is 3.20. The number of rotatable bonds is 2. The predicted octanol–water partition coefficient (Wildman–Crippen LogP) is 3.71. The van der Waals surface area contributed by atoms with Gasteiger partial charge in [-0.3, -0.25) is 4.90 Å². The van der Waals surface area contributed by atoms with Crippen LogP contribution in [0.15, 0.2) is 22.7 Å². The Hall–Kier alpha value is 0.200. The molecule has 2 saturated heterocycles. The molecule has 0 aromatic heterocycles. The lowest BCUT2D eigenvalue weighted by molar-refractivity contribution is 0.268. The van der Waals surface area contributed by atoms with Crippen molar-refractivity contribution in [2.75, 3.05) is 26.2 Å². The molecule has 0 aliphatic carbocycles. The second kappa shape index (κ2) is 6.31. The third kappa shape index (κ3) is 3.45. The average Bonchev–Trinajstić information content (AvgIpc) is 2.96. The highest BCUT2D eigenvalue weighted by Crippen LogP contribution is 2.36. The molecule has 3 rings (SSSR count). The van der Waals surface area contributed by atoms with Crippen molar-refractivity contribution in [3.05, 3.63) is 33.3 Å². The van der Waals surface area contributed by atoms with Gasteiger partial charge < -0.3 is 5.32 Å². The first-order valence-electron chi connectivity index (χ1n) is 6.54. The molecule has 1 atom stereocenters. The van der Waals surface area contributed by atoms with Crippen LogP contribution in [0.3, 0.4) is 0 Å². The summed E-state index contributed by atoms with van der Waals surface area (Å²) in [4.78, 5) is 2.57. The normalized spacial score (nSPS) is 26.8. The maximum absolute atomic E-state index is 6.03. The van der Waals surface area contributed by atoms with Crippen LogP contribution in [0.25, 0.3) is 0 Å². The van der Waals surface area contributed by atoms with E-state index in [1.165, 1.54) is 44.6 Å². The van der Waals surface area contributed by atoms with Gasteiger partial charge in [0, 0.05) is 24.1 Å². The smallest absolute Gasteiger partial charge is 0.0548 e. The first-order valence-corrected chi connectivity index (χ1v) is 7.71. The van der Waals surface area contributed by atoms with Crippen molar-refractivity contribution in [3.63, 3.8) is 0 Å². The van der Waals surface area contributed by atoms with E-state index in [0.717, 1.165) is 16.0 Å². The average molecular weight is 366 g/mol. The molecule has 1 aromatic rings. The van der Waals surface area contributed by atoms with E-state index < -0.39 is 0 Å². The third-order valence-electron chi connectivity index (χ3n) is 4.24.